The zero-order valence-electron chi connectivity index (χ0n) is 17.9. The fourth-order valence-corrected chi connectivity index (χ4v) is 4.66. The second-order valence-electron chi connectivity index (χ2n) is 8.88. The number of piperidine rings is 1. The Labute approximate surface area is 178 Å². The van der Waals surface area contributed by atoms with Gasteiger partial charge >= 0.3 is 0 Å². The lowest BCUT2D eigenvalue weighted by Gasteiger charge is -2.36. The predicted octanol–water partition coefficient (Wildman–Crippen LogP) is 5.85. The lowest BCUT2D eigenvalue weighted by atomic mass is 9.92. The molecule has 1 saturated heterocycles. The van der Waals surface area contributed by atoms with Gasteiger partial charge in [0, 0.05) is 36.3 Å². The fourth-order valence-electron chi connectivity index (χ4n) is 4.66. The van der Waals surface area contributed by atoms with Gasteiger partial charge in [-0.25, -0.2) is 4.98 Å². The van der Waals surface area contributed by atoms with Crippen molar-refractivity contribution in [3.8, 4) is 22.5 Å². The van der Waals surface area contributed by atoms with Crippen molar-refractivity contribution >= 4 is 11.5 Å². The average Bonchev–Trinajstić information content (AvgIpc) is 3.17. The van der Waals surface area contributed by atoms with E-state index in [1.807, 2.05) is 10.6 Å². The molecule has 1 aliphatic heterocycles. The lowest BCUT2D eigenvalue weighted by molar-refractivity contribution is 0.354. The van der Waals surface area contributed by atoms with Crippen LogP contribution in [0.4, 0.5) is 5.82 Å². The molecule has 2 aromatic carbocycles. The van der Waals surface area contributed by atoms with Crippen LogP contribution in [0.5, 0.6) is 0 Å². The molecular formula is C26H28N4. The van der Waals surface area contributed by atoms with Gasteiger partial charge in [-0.05, 0) is 25.2 Å². The number of fused-ring (bicyclic) bond motifs is 1. The van der Waals surface area contributed by atoms with Crippen LogP contribution in [0, 0.1) is 18.8 Å². The summed E-state index contributed by atoms with van der Waals surface area (Å²) < 4.78 is 2.03. The van der Waals surface area contributed by atoms with Gasteiger partial charge in [-0.15, -0.1) is 0 Å². The zero-order valence-corrected chi connectivity index (χ0v) is 17.9. The van der Waals surface area contributed by atoms with Crippen LogP contribution in [0.1, 0.15) is 25.8 Å². The lowest BCUT2D eigenvalue weighted by Crippen LogP contribution is -2.39. The van der Waals surface area contributed by atoms with Crippen molar-refractivity contribution in [3.63, 3.8) is 0 Å². The van der Waals surface area contributed by atoms with E-state index in [1.165, 1.54) is 12.0 Å². The van der Waals surface area contributed by atoms with Crippen molar-refractivity contribution in [2.45, 2.75) is 27.2 Å². The van der Waals surface area contributed by atoms with Gasteiger partial charge in [0.05, 0.1) is 11.4 Å². The standard InChI is InChI=1S/C26H28N4/c1-18-9-11-22(12-10-18)24-14-25-27-23(21-7-5-4-6-8-21)15-26(30(25)28-24)29-16-19(2)13-20(3)17-29/h4-12,14-15,19-20H,13,16-17H2,1-3H3. The van der Waals surface area contributed by atoms with Crippen LogP contribution in [-0.4, -0.2) is 27.7 Å². The first-order valence-corrected chi connectivity index (χ1v) is 10.8. The van der Waals surface area contributed by atoms with E-state index in [2.05, 4.69) is 86.3 Å². The Morgan fingerprint density at radius 3 is 2.17 bits per heavy atom. The fraction of sp³-hybridized carbons (Fsp3) is 0.308. The van der Waals surface area contributed by atoms with Crippen LogP contribution in [0.15, 0.2) is 66.7 Å². The molecule has 4 heteroatoms. The molecule has 0 bridgehead atoms. The van der Waals surface area contributed by atoms with Crippen molar-refractivity contribution in [2.24, 2.45) is 11.8 Å². The number of aromatic nitrogens is 3. The van der Waals surface area contributed by atoms with Crippen LogP contribution in [0.3, 0.4) is 0 Å². The van der Waals surface area contributed by atoms with Crippen molar-refractivity contribution in [3.05, 3.63) is 72.3 Å². The minimum atomic E-state index is 0.671. The SMILES string of the molecule is Cc1ccc(-c2cc3nc(-c4ccccc4)cc(N4CC(C)CC(C)C4)n3n2)cc1. The van der Waals surface area contributed by atoms with E-state index >= 15 is 0 Å². The molecule has 0 radical (unpaired) electrons. The van der Waals surface area contributed by atoms with Crippen LogP contribution >= 0.6 is 0 Å². The number of benzene rings is 2. The summed E-state index contributed by atoms with van der Waals surface area (Å²) in [6, 6.07) is 23.3. The Bertz CT molecular complexity index is 1150. The molecule has 30 heavy (non-hydrogen) atoms. The summed E-state index contributed by atoms with van der Waals surface area (Å²) in [4.78, 5) is 7.47. The summed E-state index contributed by atoms with van der Waals surface area (Å²) in [6.07, 6.45) is 1.28. The highest BCUT2D eigenvalue weighted by Crippen LogP contribution is 2.31. The third-order valence-corrected chi connectivity index (χ3v) is 6.02. The summed E-state index contributed by atoms with van der Waals surface area (Å²) in [5, 5.41) is 4.99. The van der Waals surface area contributed by atoms with Crippen molar-refractivity contribution in [1.29, 1.82) is 0 Å². The second-order valence-corrected chi connectivity index (χ2v) is 8.88. The molecule has 0 aliphatic carbocycles. The maximum atomic E-state index is 4.99. The van der Waals surface area contributed by atoms with E-state index in [4.69, 9.17) is 10.1 Å². The molecular weight excluding hydrogens is 368 g/mol. The first-order valence-electron chi connectivity index (χ1n) is 10.8. The van der Waals surface area contributed by atoms with Crippen LogP contribution < -0.4 is 4.90 Å². The Kier molecular flexibility index (Phi) is 4.78. The highest BCUT2D eigenvalue weighted by atomic mass is 15.4. The topological polar surface area (TPSA) is 33.4 Å². The molecule has 2 unspecified atom stereocenters. The minimum absolute atomic E-state index is 0.671. The van der Waals surface area contributed by atoms with Gasteiger partial charge in [-0.2, -0.15) is 9.61 Å². The smallest absolute Gasteiger partial charge is 0.158 e. The predicted molar refractivity (Wildman–Crippen MR) is 124 cm³/mol. The van der Waals surface area contributed by atoms with E-state index in [0.717, 1.165) is 47.1 Å². The Morgan fingerprint density at radius 2 is 1.47 bits per heavy atom. The number of anilines is 1. The first-order chi connectivity index (χ1) is 14.6. The monoisotopic (exact) mass is 396 g/mol. The first kappa shape index (κ1) is 18.9. The molecule has 152 valence electrons. The van der Waals surface area contributed by atoms with Crippen molar-refractivity contribution in [2.75, 3.05) is 18.0 Å². The van der Waals surface area contributed by atoms with Crippen molar-refractivity contribution in [1.82, 2.24) is 14.6 Å². The van der Waals surface area contributed by atoms with E-state index in [1.54, 1.807) is 0 Å². The highest BCUT2D eigenvalue weighted by molar-refractivity contribution is 5.71. The minimum Gasteiger partial charge on any atom is -0.356 e. The third-order valence-electron chi connectivity index (χ3n) is 6.02. The molecule has 0 spiro atoms. The number of rotatable bonds is 3. The zero-order chi connectivity index (χ0) is 20.7. The number of aryl methyl sites for hydroxylation is 1. The molecule has 0 saturated carbocycles. The van der Waals surface area contributed by atoms with E-state index in [9.17, 15) is 0 Å². The number of hydrogen-bond donors (Lipinski definition) is 0. The summed E-state index contributed by atoms with van der Waals surface area (Å²) >= 11 is 0. The molecule has 1 aliphatic rings. The van der Waals surface area contributed by atoms with Gasteiger partial charge in [0.25, 0.3) is 0 Å². The summed E-state index contributed by atoms with van der Waals surface area (Å²) in [5.41, 5.74) is 6.37. The summed E-state index contributed by atoms with van der Waals surface area (Å²) in [5.74, 6) is 2.48. The summed E-state index contributed by atoms with van der Waals surface area (Å²) in [6.45, 7) is 8.91. The maximum Gasteiger partial charge on any atom is 0.158 e. The Hall–Kier alpha value is -3.14. The van der Waals surface area contributed by atoms with Crippen molar-refractivity contribution < 1.29 is 0 Å². The van der Waals surface area contributed by atoms with Gasteiger partial charge < -0.3 is 4.90 Å². The normalized spacial score (nSPS) is 19.4. The molecule has 2 atom stereocenters. The van der Waals surface area contributed by atoms with Crippen LogP contribution in [0.2, 0.25) is 0 Å². The molecule has 0 amide bonds. The van der Waals surface area contributed by atoms with Gasteiger partial charge in [-0.1, -0.05) is 74.0 Å². The van der Waals surface area contributed by atoms with Gasteiger partial charge in [0.1, 0.15) is 5.82 Å². The molecule has 3 heterocycles. The quantitative estimate of drug-likeness (QED) is 0.435. The van der Waals surface area contributed by atoms with E-state index in [0.29, 0.717) is 11.8 Å². The van der Waals surface area contributed by atoms with Crippen LogP contribution in [0.25, 0.3) is 28.2 Å². The largest absolute Gasteiger partial charge is 0.356 e. The van der Waals surface area contributed by atoms with Gasteiger partial charge in [0.15, 0.2) is 5.65 Å². The Balaban J connectivity index is 1.67. The van der Waals surface area contributed by atoms with Gasteiger partial charge in [-0.3, -0.25) is 0 Å². The molecule has 0 N–H and O–H groups in total. The van der Waals surface area contributed by atoms with Gasteiger partial charge in [0.2, 0.25) is 0 Å². The molecule has 1 fully saturated rings. The van der Waals surface area contributed by atoms with E-state index < -0.39 is 0 Å². The Morgan fingerprint density at radius 1 is 0.800 bits per heavy atom. The number of hydrogen-bond acceptors (Lipinski definition) is 3. The molecule has 5 rings (SSSR count). The second kappa shape index (κ2) is 7.60. The highest BCUT2D eigenvalue weighted by Gasteiger charge is 2.25. The molecule has 4 nitrogen and oxygen atoms in total. The van der Waals surface area contributed by atoms with Crippen LogP contribution in [-0.2, 0) is 0 Å². The summed E-state index contributed by atoms with van der Waals surface area (Å²) in [7, 11) is 0. The third kappa shape index (κ3) is 3.58. The average molecular weight is 397 g/mol. The van der Waals surface area contributed by atoms with E-state index in [-0.39, 0.29) is 0 Å². The molecule has 2 aromatic heterocycles. The maximum absolute atomic E-state index is 4.99. The number of nitrogens with zero attached hydrogens (tertiary/aromatic N) is 4. The molecule has 4 aromatic rings.